The molecule has 2 aliphatic heterocycles. The van der Waals surface area contributed by atoms with E-state index in [-0.39, 0.29) is 46.9 Å². The van der Waals surface area contributed by atoms with Gasteiger partial charge in [0.1, 0.15) is 5.69 Å². The first kappa shape index (κ1) is 33.8. The molecule has 1 N–H and O–H groups in total. The predicted molar refractivity (Wildman–Crippen MR) is 164 cm³/mol. The normalized spacial score (nSPS) is 31.6. The highest BCUT2D eigenvalue weighted by Crippen LogP contribution is 2.66. The molecule has 2 saturated carbocycles. The number of fused-ring (bicyclic) bond motifs is 4. The summed E-state index contributed by atoms with van der Waals surface area (Å²) in [7, 11) is 0. The van der Waals surface area contributed by atoms with E-state index in [1.54, 1.807) is 13.0 Å². The van der Waals surface area contributed by atoms with Gasteiger partial charge in [0.05, 0.1) is 18.4 Å². The molecule has 5 aliphatic rings. The van der Waals surface area contributed by atoms with Crippen LogP contribution in [-0.4, -0.2) is 56.0 Å². The number of aromatic hydroxyl groups is 1. The van der Waals surface area contributed by atoms with Gasteiger partial charge < -0.3 is 9.84 Å². The van der Waals surface area contributed by atoms with Crippen molar-refractivity contribution >= 4 is 52.5 Å². The van der Waals surface area contributed by atoms with Gasteiger partial charge in [-0.1, -0.05) is 37.0 Å². The summed E-state index contributed by atoms with van der Waals surface area (Å²) in [5.41, 5.74) is -1.38. The molecule has 2 aromatic rings. The fourth-order valence-electron chi connectivity index (χ4n) is 8.65. The first-order chi connectivity index (χ1) is 23.2. The number of phenols is 1. The summed E-state index contributed by atoms with van der Waals surface area (Å²) in [5.74, 6) is -20.9. The van der Waals surface area contributed by atoms with Crippen LogP contribution in [0.15, 0.2) is 29.8 Å². The van der Waals surface area contributed by atoms with Crippen LogP contribution in [0.2, 0.25) is 0 Å². The number of nitrogens with zero attached hydrogens (tertiary/aromatic N) is 2. The van der Waals surface area contributed by atoms with Crippen LogP contribution >= 0.6 is 23.2 Å². The molecule has 2 aromatic carbocycles. The van der Waals surface area contributed by atoms with Crippen molar-refractivity contribution in [3.63, 3.8) is 0 Å². The predicted octanol–water partition coefficient (Wildman–Crippen LogP) is 6.38. The molecule has 0 aromatic heterocycles. The minimum absolute atomic E-state index is 0.0548. The lowest BCUT2D eigenvalue weighted by molar-refractivity contribution is -0.143. The Morgan fingerprint density at radius 1 is 0.878 bits per heavy atom. The average Bonchev–Trinajstić information content (AvgIpc) is 3.42. The molecule has 4 amide bonds. The Morgan fingerprint density at radius 2 is 1.51 bits per heavy atom. The van der Waals surface area contributed by atoms with E-state index in [2.05, 4.69) is 0 Å². The van der Waals surface area contributed by atoms with E-state index in [4.69, 9.17) is 27.9 Å². The van der Waals surface area contributed by atoms with Gasteiger partial charge in [0.2, 0.25) is 17.6 Å². The highest BCUT2D eigenvalue weighted by molar-refractivity contribution is 6.58. The summed E-state index contributed by atoms with van der Waals surface area (Å²) in [4.78, 5) is 52.5. The SMILES string of the molecule is CCOc1cc(C2C3=CCC4C(=O)N(C5CCCCC5)C(=O)C4C3CC3(Cl)C(=O)N(c4c(F)c(F)c(F)c(F)c4F)C(=O)C23Cl)ccc1O. The van der Waals surface area contributed by atoms with Crippen molar-refractivity contribution in [2.75, 3.05) is 11.5 Å². The van der Waals surface area contributed by atoms with Crippen LogP contribution < -0.4 is 9.64 Å². The molecular weight excluding hydrogens is 698 g/mol. The third-order valence-corrected chi connectivity index (χ3v) is 12.2. The molecule has 2 saturated heterocycles. The number of allylic oxidation sites excluding steroid dienone is 2. The summed E-state index contributed by atoms with van der Waals surface area (Å²) in [6.07, 6.45) is 5.01. The van der Waals surface area contributed by atoms with E-state index in [0.29, 0.717) is 18.4 Å². The minimum Gasteiger partial charge on any atom is -0.504 e. The van der Waals surface area contributed by atoms with Crippen molar-refractivity contribution in [1.29, 1.82) is 0 Å². The van der Waals surface area contributed by atoms with Crippen LogP contribution in [0, 0.1) is 46.8 Å². The van der Waals surface area contributed by atoms with Crippen LogP contribution in [0.25, 0.3) is 0 Å². The topological polar surface area (TPSA) is 104 Å². The molecule has 4 fully saturated rings. The number of benzene rings is 2. The molecule has 6 unspecified atom stereocenters. The lowest BCUT2D eigenvalue weighted by Crippen LogP contribution is -2.60. The molecule has 8 nitrogen and oxygen atoms in total. The summed E-state index contributed by atoms with van der Waals surface area (Å²) in [5, 5.41) is 10.5. The molecule has 15 heteroatoms. The number of phenolic OH excluding ortho intramolecular Hbond substituents is 1. The van der Waals surface area contributed by atoms with Crippen molar-refractivity contribution in [3.8, 4) is 11.5 Å². The van der Waals surface area contributed by atoms with Crippen molar-refractivity contribution in [1.82, 2.24) is 4.90 Å². The second-order valence-corrected chi connectivity index (χ2v) is 14.4. The zero-order valence-corrected chi connectivity index (χ0v) is 27.4. The highest BCUT2D eigenvalue weighted by atomic mass is 35.5. The largest absolute Gasteiger partial charge is 0.504 e. The molecule has 6 atom stereocenters. The lowest BCUT2D eigenvalue weighted by Gasteiger charge is -2.50. The third kappa shape index (κ3) is 4.46. The van der Waals surface area contributed by atoms with Crippen LogP contribution in [0.5, 0.6) is 11.5 Å². The molecule has 2 heterocycles. The lowest BCUT2D eigenvalue weighted by atomic mass is 9.56. The number of hydrogen-bond acceptors (Lipinski definition) is 6. The highest BCUT2D eigenvalue weighted by Gasteiger charge is 2.77. The van der Waals surface area contributed by atoms with Gasteiger partial charge in [-0.2, -0.15) is 0 Å². The zero-order valence-electron chi connectivity index (χ0n) is 25.9. The third-order valence-electron chi connectivity index (χ3n) is 10.8. The van der Waals surface area contributed by atoms with Crippen molar-refractivity contribution < 1.29 is 51.0 Å². The van der Waals surface area contributed by atoms with Gasteiger partial charge in [-0.15, -0.1) is 23.2 Å². The number of halogens is 7. The number of carbonyl (C=O) groups is 4. The monoisotopic (exact) mass is 726 g/mol. The van der Waals surface area contributed by atoms with Crippen LogP contribution in [0.1, 0.15) is 63.4 Å². The van der Waals surface area contributed by atoms with E-state index >= 15 is 8.78 Å². The van der Waals surface area contributed by atoms with Gasteiger partial charge in [-0.3, -0.25) is 24.1 Å². The van der Waals surface area contributed by atoms with Crippen molar-refractivity contribution in [3.05, 3.63) is 64.5 Å². The molecule has 3 aliphatic carbocycles. The number of rotatable bonds is 5. The summed E-state index contributed by atoms with van der Waals surface area (Å²) >= 11 is 14.3. The number of likely N-dealkylation sites (tertiary alicyclic amines) is 1. The maximum Gasteiger partial charge on any atom is 0.258 e. The van der Waals surface area contributed by atoms with Crippen LogP contribution in [0.4, 0.5) is 27.6 Å². The van der Waals surface area contributed by atoms with Gasteiger partial charge in [0.25, 0.3) is 11.8 Å². The number of imide groups is 2. The first-order valence-electron chi connectivity index (χ1n) is 16.0. The van der Waals surface area contributed by atoms with E-state index in [9.17, 15) is 37.5 Å². The number of ether oxygens (including phenoxy) is 1. The van der Waals surface area contributed by atoms with Gasteiger partial charge in [-0.25, -0.2) is 26.9 Å². The molecule has 0 spiro atoms. The average molecular weight is 728 g/mol. The second-order valence-electron chi connectivity index (χ2n) is 13.2. The summed E-state index contributed by atoms with van der Waals surface area (Å²) in [6.45, 7) is 1.74. The number of alkyl halides is 2. The van der Waals surface area contributed by atoms with E-state index in [1.165, 1.54) is 23.1 Å². The Morgan fingerprint density at radius 3 is 2.14 bits per heavy atom. The van der Waals surface area contributed by atoms with Crippen molar-refractivity contribution in [2.24, 2.45) is 17.8 Å². The van der Waals surface area contributed by atoms with Gasteiger partial charge >= 0.3 is 0 Å². The van der Waals surface area contributed by atoms with Gasteiger partial charge in [0.15, 0.2) is 44.5 Å². The Bertz CT molecular complexity index is 1840. The molecule has 7 rings (SSSR count). The number of anilines is 1. The molecular formula is C34H29Cl2F5N2O6. The summed E-state index contributed by atoms with van der Waals surface area (Å²) in [6, 6.07) is 3.59. The maximum atomic E-state index is 15.2. The summed E-state index contributed by atoms with van der Waals surface area (Å²) < 4.78 is 78.9. The Balaban J connectivity index is 1.42. The minimum atomic E-state index is -2.66. The molecule has 49 heavy (non-hydrogen) atoms. The van der Waals surface area contributed by atoms with Gasteiger partial charge in [0, 0.05) is 12.0 Å². The zero-order chi connectivity index (χ0) is 35.3. The Kier molecular flexibility index (Phi) is 8.05. The van der Waals surface area contributed by atoms with E-state index in [0.717, 1.165) is 19.3 Å². The standard InChI is InChI=1S/C34H29Cl2F5N2O6/c1-2-49-20-12-14(8-11-19(20)44)22-16-9-10-17-21(30(46)42(29(17)45)15-6-4-3-5-7-15)18(16)13-33(35)31(47)43(32(48)34(22,33)36)28-26(40)24(38)23(37)25(39)27(28)41/h8-9,11-12,15,17-18,21-22,44H,2-7,10,13H2,1H3. The molecule has 0 radical (unpaired) electrons. The second kappa shape index (κ2) is 11.7. The quantitative estimate of drug-likeness (QED) is 0.0958. The van der Waals surface area contributed by atoms with Crippen LogP contribution in [0.3, 0.4) is 0 Å². The van der Waals surface area contributed by atoms with E-state index < -0.39 is 92.3 Å². The van der Waals surface area contributed by atoms with Crippen LogP contribution in [-0.2, 0) is 19.2 Å². The van der Waals surface area contributed by atoms with E-state index in [1.807, 2.05) is 0 Å². The van der Waals surface area contributed by atoms with Crippen molar-refractivity contribution in [2.45, 2.75) is 73.6 Å². The maximum absolute atomic E-state index is 15.2. The first-order valence-corrected chi connectivity index (χ1v) is 16.8. The number of carbonyl (C=O) groups excluding carboxylic acids is 4. The molecule has 0 bridgehead atoms. The molecule has 260 valence electrons. The Hall–Kier alpha value is -3.71. The number of amides is 4. The van der Waals surface area contributed by atoms with Gasteiger partial charge in [-0.05, 0) is 56.2 Å². The fraction of sp³-hybridized carbons (Fsp3) is 0.471. The Labute approximate surface area is 286 Å². The smallest absolute Gasteiger partial charge is 0.258 e. The number of hydrogen-bond donors (Lipinski definition) is 1. The fourth-order valence-corrected chi connectivity index (χ4v) is 9.58.